The Labute approximate surface area is 447 Å². The van der Waals surface area contributed by atoms with Crippen LogP contribution in [0.25, 0.3) is 0 Å². The van der Waals surface area contributed by atoms with E-state index in [-0.39, 0.29) is 77.0 Å². The molecule has 77 heavy (non-hydrogen) atoms. The molecule has 2 aromatic rings. The van der Waals surface area contributed by atoms with Crippen LogP contribution in [0, 0.1) is 11.8 Å². The number of nitrogens with one attached hydrogen (secondary N) is 6. The van der Waals surface area contributed by atoms with Crippen LogP contribution < -0.4 is 49.5 Å². The third-order valence-electron chi connectivity index (χ3n) is 14.1. The maximum absolute atomic E-state index is 14.6. The summed E-state index contributed by atoms with van der Waals surface area (Å²) in [4.78, 5) is 151. The number of rotatable bonds is 27. The van der Waals surface area contributed by atoms with E-state index in [1.54, 1.807) is 27.7 Å². The maximum atomic E-state index is 14.6. The highest BCUT2D eigenvalue weighted by molar-refractivity contribution is 5.99. The van der Waals surface area contributed by atoms with Gasteiger partial charge in [0, 0.05) is 50.9 Å². The molecule has 0 unspecified atom stereocenters. The van der Waals surface area contributed by atoms with Crippen molar-refractivity contribution in [3.8, 4) is 0 Å². The summed E-state index contributed by atoms with van der Waals surface area (Å²) in [5.74, 6) is -8.52. The van der Waals surface area contributed by atoms with Gasteiger partial charge in [-0.15, -0.1) is 0 Å². The Hall–Kier alpha value is -7.64. The predicted octanol–water partition coefficient (Wildman–Crippen LogP) is -2.37. The van der Waals surface area contributed by atoms with E-state index < -0.39 is 125 Å². The van der Waals surface area contributed by atoms with Crippen LogP contribution in [0.1, 0.15) is 103 Å². The number of likely N-dealkylation sites (tertiary alicyclic amines) is 3. The number of hydrogen-bond donors (Lipinski definition) is 11. The van der Waals surface area contributed by atoms with E-state index in [9.17, 15) is 53.1 Å². The van der Waals surface area contributed by atoms with Crippen molar-refractivity contribution in [2.24, 2.45) is 39.8 Å². The number of imidazole rings is 1. The molecule has 15 N–H and O–H groups in total. The number of guanidine groups is 1. The maximum Gasteiger partial charge on any atom is 0.326 e. The Kier molecular flexibility index (Phi) is 22.3. The minimum absolute atomic E-state index is 0.00822. The van der Waals surface area contributed by atoms with E-state index in [1.807, 2.05) is 30.3 Å². The molecule has 0 aliphatic carbocycles. The average Bonchev–Trinajstić information content (AvgIpc) is 4.25. The van der Waals surface area contributed by atoms with Crippen molar-refractivity contribution < 1.29 is 53.1 Å². The van der Waals surface area contributed by atoms with Gasteiger partial charge in [-0.25, -0.2) is 9.78 Å². The number of aliphatic imine (C=N–C) groups is 1. The van der Waals surface area contributed by atoms with Crippen LogP contribution in [0.3, 0.4) is 0 Å². The van der Waals surface area contributed by atoms with E-state index in [2.05, 4.69) is 41.5 Å². The molecule has 26 nitrogen and oxygen atoms in total. The zero-order valence-corrected chi connectivity index (χ0v) is 44.3. The first kappa shape index (κ1) is 60.2. The minimum Gasteiger partial charge on any atom is -0.480 e. The summed E-state index contributed by atoms with van der Waals surface area (Å²) in [7, 11) is 0. The number of nitrogens with two attached hydrogens (primary N) is 4. The number of aromatic nitrogens is 2. The molecule has 4 heterocycles. The first-order valence-corrected chi connectivity index (χ1v) is 26.3. The second kappa shape index (κ2) is 28.5. The number of primary amides is 1. The lowest BCUT2D eigenvalue weighted by atomic mass is 10.0. The minimum atomic E-state index is -1.44. The number of carbonyl (C=O) groups is 10. The number of benzene rings is 1. The Morgan fingerprint density at radius 2 is 1.21 bits per heavy atom. The van der Waals surface area contributed by atoms with Gasteiger partial charge in [0.15, 0.2) is 5.96 Å². The molecule has 3 aliphatic heterocycles. The van der Waals surface area contributed by atoms with Gasteiger partial charge in [-0.05, 0) is 81.6 Å². The fourth-order valence-corrected chi connectivity index (χ4v) is 9.94. The van der Waals surface area contributed by atoms with Gasteiger partial charge in [-0.1, -0.05) is 58.0 Å². The van der Waals surface area contributed by atoms with Crippen LogP contribution in [-0.2, 0) is 60.8 Å². The summed E-state index contributed by atoms with van der Waals surface area (Å²) in [6.07, 6.45) is 4.62. The molecule has 3 saturated heterocycles. The highest BCUT2D eigenvalue weighted by Crippen LogP contribution is 2.24. The Bertz CT molecular complexity index is 2430. The molecule has 422 valence electrons. The average molecular weight is 1080 g/mol. The van der Waals surface area contributed by atoms with Gasteiger partial charge in [0.25, 0.3) is 0 Å². The van der Waals surface area contributed by atoms with E-state index in [4.69, 9.17) is 22.9 Å². The first-order chi connectivity index (χ1) is 36.6. The molecular formula is C51H77N15O11. The summed E-state index contributed by atoms with van der Waals surface area (Å²) in [6.45, 7) is 7.37. The monoisotopic (exact) mass is 1080 g/mol. The molecular weight excluding hydrogens is 999 g/mol. The van der Waals surface area contributed by atoms with Crippen molar-refractivity contribution in [1.82, 2.24) is 51.3 Å². The van der Waals surface area contributed by atoms with Gasteiger partial charge >= 0.3 is 5.97 Å². The molecule has 3 aliphatic rings. The SMILES string of the molecule is CC(C)[C@H](NC(=O)[C@@H]1CCCN1C(=O)[C@@H](N)Cc1ccccc1)C(=O)N[C@@H](CCCN=C(N)N)C(=O)N1CCC[C@H]1C(=O)N[C@@H](CCC(N)=O)C(=O)N[C@H](C(=O)N1CCC[C@H]1C(=O)N[C@@H](Cc1cnc[nH]1)C(=O)O)C(C)C. The fraction of sp³-hybridized carbons (Fsp3) is 0.608. The van der Waals surface area contributed by atoms with Crippen molar-refractivity contribution in [3.05, 3.63) is 54.1 Å². The molecule has 9 atom stereocenters. The number of amides is 9. The summed E-state index contributed by atoms with van der Waals surface area (Å²) in [5.41, 5.74) is 24.3. The van der Waals surface area contributed by atoms with Gasteiger partial charge in [0.05, 0.1) is 12.4 Å². The second-order valence-electron chi connectivity index (χ2n) is 20.6. The van der Waals surface area contributed by atoms with Gasteiger partial charge in [0.1, 0.15) is 48.3 Å². The van der Waals surface area contributed by atoms with Gasteiger partial charge in [-0.3, -0.25) is 48.1 Å². The van der Waals surface area contributed by atoms with Gasteiger partial charge < -0.3 is 74.3 Å². The molecule has 0 radical (unpaired) electrons. The number of H-pyrrole nitrogens is 1. The molecule has 0 spiro atoms. The second-order valence-corrected chi connectivity index (χ2v) is 20.6. The fourth-order valence-electron chi connectivity index (χ4n) is 9.94. The zero-order chi connectivity index (χ0) is 56.5. The van der Waals surface area contributed by atoms with E-state index >= 15 is 0 Å². The summed E-state index contributed by atoms with van der Waals surface area (Å²) < 4.78 is 0. The lowest BCUT2D eigenvalue weighted by Crippen LogP contribution is -2.61. The lowest BCUT2D eigenvalue weighted by molar-refractivity contribution is -0.145. The molecule has 9 amide bonds. The number of aromatic amines is 1. The van der Waals surface area contributed by atoms with Crippen LogP contribution in [0.2, 0.25) is 0 Å². The molecule has 3 fully saturated rings. The zero-order valence-electron chi connectivity index (χ0n) is 44.3. The Morgan fingerprint density at radius 1 is 0.662 bits per heavy atom. The summed E-state index contributed by atoms with van der Waals surface area (Å²) in [5, 5.41) is 23.3. The van der Waals surface area contributed by atoms with Crippen molar-refractivity contribution in [2.45, 2.75) is 159 Å². The van der Waals surface area contributed by atoms with Crippen molar-refractivity contribution in [1.29, 1.82) is 0 Å². The highest BCUT2D eigenvalue weighted by Gasteiger charge is 2.44. The molecule has 1 aromatic carbocycles. The molecule has 26 heteroatoms. The number of nitrogens with zero attached hydrogens (tertiary/aromatic N) is 5. The molecule has 5 rings (SSSR count). The number of carboxylic acid groups (broad SMARTS) is 1. The third kappa shape index (κ3) is 16.9. The first-order valence-electron chi connectivity index (χ1n) is 26.3. The predicted molar refractivity (Wildman–Crippen MR) is 280 cm³/mol. The van der Waals surface area contributed by atoms with Crippen LogP contribution in [0.5, 0.6) is 0 Å². The Balaban J connectivity index is 1.28. The summed E-state index contributed by atoms with van der Waals surface area (Å²) >= 11 is 0. The number of aliphatic carboxylic acids is 1. The largest absolute Gasteiger partial charge is 0.480 e. The standard InChI is InChI=1S/C51H77N15O11/c1-28(2)40(62-45(71)38-17-9-21-64(38)47(73)32(52)24-30-12-6-5-7-13-30)46(72)60-34(14-8-20-57-51(54)55)48(74)65-22-10-15-36(65)43(69)59-33(18-19-39(53)67)42(68)63-41(29(3)4)49(75)66-23-11-16-37(66)44(70)61-35(50(76)77)25-31-26-56-27-58-31/h5-7,12-13,26-29,32-38,40-41H,8-11,14-25,52H2,1-4H3,(H2,53,67)(H,56,58)(H,59,69)(H,60,72)(H,61,70)(H,62,71)(H,63,68)(H,76,77)(H4,54,55,57)/t32-,33-,34-,35-,36-,37-,38-,40-,41-/m0/s1. The van der Waals surface area contributed by atoms with E-state index in [1.165, 1.54) is 27.2 Å². The highest BCUT2D eigenvalue weighted by atomic mass is 16.4. The quantitative estimate of drug-likeness (QED) is 0.0253. The molecule has 1 aromatic heterocycles. The summed E-state index contributed by atoms with van der Waals surface area (Å²) in [6, 6.07) is -1.15. The smallest absolute Gasteiger partial charge is 0.326 e. The van der Waals surface area contributed by atoms with Crippen LogP contribution >= 0.6 is 0 Å². The van der Waals surface area contributed by atoms with Crippen molar-refractivity contribution in [2.75, 3.05) is 26.2 Å². The normalized spacial score (nSPS) is 19.6. The lowest BCUT2D eigenvalue weighted by Gasteiger charge is -2.33. The van der Waals surface area contributed by atoms with Crippen molar-refractivity contribution >= 4 is 65.1 Å². The Morgan fingerprint density at radius 3 is 1.73 bits per heavy atom. The van der Waals surface area contributed by atoms with Gasteiger partial charge in [0.2, 0.25) is 53.2 Å². The topological polar surface area (TPSA) is 406 Å². The van der Waals surface area contributed by atoms with Crippen molar-refractivity contribution in [3.63, 3.8) is 0 Å². The van der Waals surface area contributed by atoms with E-state index in [0.29, 0.717) is 37.9 Å². The number of hydrogen-bond acceptors (Lipinski definition) is 13. The molecule has 0 saturated carbocycles. The van der Waals surface area contributed by atoms with E-state index in [0.717, 1.165) is 5.56 Å². The molecule has 0 bridgehead atoms. The van der Waals surface area contributed by atoms with Crippen LogP contribution in [-0.4, -0.2) is 175 Å². The number of carboxylic acids is 1. The van der Waals surface area contributed by atoms with Crippen LogP contribution in [0.4, 0.5) is 0 Å². The third-order valence-corrected chi connectivity index (χ3v) is 14.1. The number of carbonyl (C=O) groups excluding carboxylic acids is 9. The van der Waals surface area contributed by atoms with Gasteiger partial charge in [-0.2, -0.15) is 0 Å². The van der Waals surface area contributed by atoms with Crippen LogP contribution in [0.15, 0.2) is 47.8 Å².